The van der Waals surface area contributed by atoms with Gasteiger partial charge in [-0.1, -0.05) is 20.8 Å². The summed E-state index contributed by atoms with van der Waals surface area (Å²) in [4.78, 5) is 41.4. The number of likely N-dealkylation sites (tertiary alicyclic amines) is 2. The van der Waals surface area contributed by atoms with Crippen LogP contribution < -0.4 is 16.0 Å². The molecule has 2 fully saturated rings. The van der Waals surface area contributed by atoms with Crippen LogP contribution in [0.1, 0.15) is 40.5 Å². The molecule has 0 aromatic carbocycles. The van der Waals surface area contributed by atoms with Gasteiger partial charge >= 0.3 is 6.03 Å². The van der Waals surface area contributed by atoms with Crippen LogP contribution in [0.2, 0.25) is 0 Å². The van der Waals surface area contributed by atoms with E-state index in [1.54, 1.807) is 21.0 Å². The van der Waals surface area contributed by atoms with Crippen molar-refractivity contribution >= 4 is 17.8 Å². The summed E-state index contributed by atoms with van der Waals surface area (Å²) in [5, 5.41) is 8.50. The molecule has 0 aromatic rings. The number of urea groups is 1. The Hall–Kier alpha value is -1.83. The van der Waals surface area contributed by atoms with Crippen molar-refractivity contribution in [2.45, 2.75) is 64.7 Å². The zero-order valence-electron chi connectivity index (χ0n) is 16.8. The highest BCUT2D eigenvalue weighted by atomic mass is 16.2. The molecule has 148 valence electrons. The predicted octanol–water partition coefficient (Wildman–Crippen LogP) is 0.140. The van der Waals surface area contributed by atoms with Gasteiger partial charge in [-0.05, 0) is 32.2 Å². The Morgan fingerprint density at radius 1 is 1.00 bits per heavy atom. The second-order valence-corrected chi connectivity index (χ2v) is 8.31. The summed E-state index contributed by atoms with van der Waals surface area (Å²) in [5.41, 5.74) is -0.405. The van der Waals surface area contributed by atoms with Crippen molar-refractivity contribution in [3.8, 4) is 0 Å². The van der Waals surface area contributed by atoms with E-state index in [0.717, 1.165) is 12.8 Å². The van der Waals surface area contributed by atoms with E-state index in [-0.39, 0.29) is 36.0 Å². The summed E-state index contributed by atoms with van der Waals surface area (Å²) in [7, 11) is 3.34. The first-order chi connectivity index (χ1) is 12.1. The number of amides is 4. The third kappa shape index (κ3) is 3.95. The number of rotatable bonds is 4. The fraction of sp³-hybridized carbons (Fsp3) is 0.833. The highest BCUT2D eigenvalue weighted by Gasteiger charge is 2.48. The van der Waals surface area contributed by atoms with Crippen LogP contribution in [0.4, 0.5) is 4.79 Å². The van der Waals surface area contributed by atoms with Crippen molar-refractivity contribution in [1.82, 2.24) is 25.8 Å². The number of nitrogens with one attached hydrogen (secondary N) is 3. The minimum atomic E-state index is -0.599. The first kappa shape index (κ1) is 20.5. The summed E-state index contributed by atoms with van der Waals surface area (Å²) in [5.74, 6) is -0.240. The maximum absolute atomic E-state index is 13.3. The van der Waals surface area contributed by atoms with Crippen molar-refractivity contribution < 1.29 is 14.4 Å². The average Bonchev–Trinajstić information content (AvgIpc) is 3.18. The molecule has 4 atom stereocenters. The molecule has 0 aromatic heterocycles. The maximum Gasteiger partial charge on any atom is 0.317 e. The first-order valence-corrected chi connectivity index (χ1v) is 9.38. The van der Waals surface area contributed by atoms with Gasteiger partial charge in [-0.2, -0.15) is 0 Å². The van der Waals surface area contributed by atoms with Gasteiger partial charge in [-0.25, -0.2) is 4.79 Å². The van der Waals surface area contributed by atoms with E-state index in [4.69, 9.17) is 0 Å². The smallest absolute Gasteiger partial charge is 0.317 e. The van der Waals surface area contributed by atoms with Gasteiger partial charge in [0.15, 0.2) is 0 Å². The van der Waals surface area contributed by atoms with Gasteiger partial charge in [0.25, 0.3) is 0 Å². The Morgan fingerprint density at radius 2 is 1.54 bits per heavy atom. The number of nitrogens with zero attached hydrogens (tertiary/aromatic N) is 2. The van der Waals surface area contributed by atoms with Crippen LogP contribution in [0, 0.1) is 5.41 Å². The molecule has 8 heteroatoms. The lowest BCUT2D eigenvalue weighted by Crippen LogP contribution is -2.58. The van der Waals surface area contributed by atoms with Crippen molar-refractivity contribution in [1.29, 1.82) is 0 Å². The van der Waals surface area contributed by atoms with Crippen molar-refractivity contribution in [3.05, 3.63) is 0 Å². The van der Waals surface area contributed by atoms with Crippen LogP contribution in [-0.4, -0.2) is 79.0 Å². The fourth-order valence-corrected chi connectivity index (χ4v) is 3.87. The molecule has 3 N–H and O–H groups in total. The molecule has 2 rings (SSSR count). The first-order valence-electron chi connectivity index (χ1n) is 9.38. The quantitative estimate of drug-likeness (QED) is 0.659. The number of carbonyl (C=O) groups excluding carboxylic acids is 3. The van der Waals surface area contributed by atoms with E-state index in [0.29, 0.717) is 13.1 Å². The molecule has 3 unspecified atom stereocenters. The molecule has 8 nitrogen and oxygen atoms in total. The molecule has 26 heavy (non-hydrogen) atoms. The second kappa shape index (κ2) is 7.82. The lowest BCUT2D eigenvalue weighted by atomic mass is 9.85. The van der Waals surface area contributed by atoms with E-state index in [9.17, 15) is 14.4 Å². The molecular formula is C18H33N5O3. The third-order valence-electron chi connectivity index (χ3n) is 5.56. The molecular weight excluding hydrogens is 334 g/mol. The second-order valence-electron chi connectivity index (χ2n) is 8.31. The van der Waals surface area contributed by atoms with E-state index in [1.807, 2.05) is 30.6 Å². The van der Waals surface area contributed by atoms with Crippen LogP contribution in [0.5, 0.6) is 0 Å². The maximum atomic E-state index is 13.3. The summed E-state index contributed by atoms with van der Waals surface area (Å²) in [6.07, 6.45) is 1.56. The minimum Gasteiger partial charge on any atom is -0.342 e. The Kier molecular flexibility index (Phi) is 6.16. The van der Waals surface area contributed by atoms with Gasteiger partial charge in [-0.15, -0.1) is 0 Å². The van der Waals surface area contributed by atoms with Gasteiger partial charge in [0.05, 0.1) is 18.1 Å². The number of hydrogen-bond donors (Lipinski definition) is 3. The van der Waals surface area contributed by atoms with Gasteiger partial charge in [-0.3, -0.25) is 9.59 Å². The predicted molar refractivity (Wildman–Crippen MR) is 99.6 cm³/mol. The van der Waals surface area contributed by atoms with Gasteiger partial charge in [0.2, 0.25) is 11.8 Å². The van der Waals surface area contributed by atoms with E-state index in [2.05, 4.69) is 16.0 Å². The zero-order chi connectivity index (χ0) is 19.6. The largest absolute Gasteiger partial charge is 0.342 e. The Labute approximate surface area is 156 Å². The molecule has 2 aliphatic heterocycles. The van der Waals surface area contributed by atoms with E-state index < -0.39 is 11.5 Å². The van der Waals surface area contributed by atoms with Crippen LogP contribution in [0.15, 0.2) is 0 Å². The molecule has 0 bridgehead atoms. The van der Waals surface area contributed by atoms with Crippen LogP contribution in [0.3, 0.4) is 0 Å². The van der Waals surface area contributed by atoms with Crippen molar-refractivity contribution in [3.63, 3.8) is 0 Å². The molecule has 2 saturated heterocycles. The number of carbonyl (C=O) groups is 3. The summed E-state index contributed by atoms with van der Waals surface area (Å²) < 4.78 is 0. The van der Waals surface area contributed by atoms with Gasteiger partial charge < -0.3 is 25.8 Å². The lowest BCUT2D eigenvalue weighted by Gasteiger charge is -2.36. The normalized spacial score (nSPS) is 24.8. The van der Waals surface area contributed by atoms with Crippen molar-refractivity contribution in [2.24, 2.45) is 5.41 Å². The monoisotopic (exact) mass is 367 g/mol. The van der Waals surface area contributed by atoms with E-state index >= 15 is 0 Å². The standard InChI is InChI=1S/C18H33N5O3/c1-11(19-5)15(24)21-14(18(2,3)4)16(25)22-9-7-13-12(22)8-10-23(13)17(26)20-6/h11-14,19H,7-10H2,1-6H3,(H,20,26)(H,21,24)/t11-,12?,13?,14?/m0/s1. The Morgan fingerprint density at radius 3 is 2.04 bits per heavy atom. The number of fused-ring (bicyclic) bond motifs is 1. The van der Waals surface area contributed by atoms with Gasteiger partial charge in [0.1, 0.15) is 6.04 Å². The number of hydrogen-bond acceptors (Lipinski definition) is 4. The molecule has 2 heterocycles. The topological polar surface area (TPSA) is 93.8 Å². The minimum absolute atomic E-state index is 0.0308. The lowest BCUT2D eigenvalue weighted by molar-refractivity contribution is -0.140. The molecule has 2 aliphatic rings. The van der Waals surface area contributed by atoms with Crippen LogP contribution in [0.25, 0.3) is 0 Å². The zero-order valence-corrected chi connectivity index (χ0v) is 16.8. The number of likely N-dealkylation sites (N-methyl/N-ethyl adjacent to an activating group) is 1. The molecule has 0 aliphatic carbocycles. The van der Waals surface area contributed by atoms with Gasteiger partial charge in [0, 0.05) is 20.1 Å². The van der Waals surface area contributed by atoms with Crippen LogP contribution in [-0.2, 0) is 9.59 Å². The molecule has 0 saturated carbocycles. The van der Waals surface area contributed by atoms with Crippen LogP contribution >= 0.6 is 0 Å². The Bertz CT molecular complexity index is 560. The highest BCUT2D eigenvalue weighted by Crippen LogP contribution is 2.33. The molecule has 0 radical (unpaired) electrons. The fourth-order valence-electron chi connectivity index (χ4n) is 3.87. The summed E-state index contributed by atoms with van der Waals surface area (Å²) >= 11 is 0. The Balaban J connectivity index is 2.14. The summed E-state index contributed by atoms with van der Waals surface area (Å²) in [6, 6.07) is -0.960. The van der Waals surface area contributed by atoms with Crippen molar-refractivity contribution in [2.75, 3.05) is 27.2 Å². The third-order valence-corrected chi connectivity index (χ3v) is 5.56. The average molecular weight is 367 g/mol. The summed E-state index contributed by atoms with van der Waals surface area (Å²) in [6.45, 7) is 8.91. The highest BCUT2D eigenvalue weighted by molar-refractivity contribution is 5.90. The van der Waals surface area contributed by atoms with E-state index in [1.165, 1.54) is 0 Å². The molecule has 0 spiro atoms. The SMILES string of the molecule is CNC(=O)N1CCC2C1CCN2C(=O)C(NC(=O)[C@H](C)NC)C(C)(C)C. The molecule has 4 amide bonds.